The first-order valence-corrected chi connectivity index (χ1v) is 15.1. The van der Waals surface area contributed by atoms with E-state index in [2.05, 4.69) is 22.2 Å². The third-order valence-electron chi connectivity index (χ3n) is 7.69. The Hall–Kier alpha value is -2.55. The quantitative estimate of drug-likeness (QED) is 0.363. The second kappa shape index (κ2) is 12.5. The fraction of sp³-hybridized carbons (Fsp3) is 0.355. The van der Waals surface area contributed by atoms with Crippen LogP contribution in [0.1, 0.15) is 23.6 Å². The fourth-order valence-corrected chi connectivity index (χ4v) is 7.08. The molecule has 2 aliphatic heterocycles. The zero-order chi connectivity index (χ0) is 28.3. The molecule has 2 saturated heterocycles. The minimum atomic E-state index is -1.11. The number of piperazine rings is 1. The van der Waals surface area contributed by atoms with E-state index in [-0.39, 0.29) is 18.2 Å². The van der Waals surface area contributed by atoms with E-state index in [0.717, 1.165) is 48.7 Å². The van der Waals surface area contributed by atoms with Crippen molar-refractivity contribution in [1.82, 2.24) is 15.1 Å². The highest BCUT2D eigenvalue weighted by molar-refractivity contribution is 8.01. The molecule has 2 fully saturated rings. The highest BCUT2D eigenvalue weighted by Gasteiger charge is 2.58. The predicted octanol–water partition coefficient (Wildman–Crippen LogP) is 5.67. The van der Waals surface area contributed by atoms with E-state index in [1.165, 1.54) is 11.8 Å². The molecule has 2 atom stereocenters. The second-order valence-corrected chi connectivity index (χ2v) is 12.9. The van der Waals surface area contributed by atoms with E-state index in [1.807, 2.05) is 67.6 Å². The van der Waals surface area contributed by atoms with Gasteiger partial charge in [0.1, 0.15) is 4.75 Å². The van der Waals surface area contributed by atoms with Crippen molar-refractivity contribution in [1.29, 1.82) is 0 Å². The standard InChI is InChI=1S/C31H34Cl2N4O2S/c1-22-3-13-27(14-4-22)40-31(30(39)34-15-16-36-19-17-35(2)18-20-36)21-28(38)37(26-11-9-25(33)10-12-26)29(31)23-5-7-24(32)8-6-23/h3-14,29H,15-21H2,1-2H3,(H,34,39). The number of likely N-dealkylation sites (N-methyl/N-ethyl adjacent to an activating group) is 1. The summed E-state index contributed by atoms with van der Waals surface area (Å²) in [4.78, 5) is 35.6. The summed E-state index contributed by atoms with van der Waals surface area (Å²) in [5.41, 5.74) is 2.68. The molecule has 40 heavy (non-hydrogen) atoms. The molecule has 0 spiro atoms. The molecule has 0 aromatic heterocycles. The van der Waals surface area contributed by atoms with Crippen molar-refractivity contribution in [2.75, 3.05) is 51.2 Å². The molecular formula is C31H34Cl2N4O2S. The molecule has 0 saturated carbocycles. The number of rotatable bonds is 8. The average molecular weight is 598 g/mol. The number of aryl methyl sites for hydroxylation is 1. The number of hydrogen-bond donors (Lipinski definition) is 1. The summed E-state index contributed by atoms with van der Waals surface area (Å²) in [6.07, 6.45) is 0.0573. The molecule has 6 nitrogen and oxygen atoms in total. The third kappa shape index (κ3) is 6.34. The van der Waals surface area contributed by atoms with E-state index in [4.69, 9.17) is 23.2 Å². The molecule has 0 radical (unpaired) electrons. The maximum atomic E-state index is 14.4. The van der Waals surface area contributed by atoms with Crippen molar-refractivity contribution in [2.24, 2.45) is 0 Å². The minimum Gasteiger partial charge on any atom is -0.354 e. The van der Waals surface area contributed by atoms with Crippen LogP contribution in [0, 0.1) is 6.92 Å². The van der Waals surface area contributed by atoms with Crippen LogP contribution < -0.4 is 10.2 Å². The smallest absolute Gasteiger partial charge is 0.239 e. The Balaban J connectivity index is 1.52. The van der Waals surface area contributed by atoms with Gasteiger partial charge in [0, 0.05) is 59.9 Å². The van der Waals surface area contributed by atoms with Crippen LogP contribution in [0.15, 0.2) is 77.7 Å². The number of anilines is 1. The first-order chi connectivity index (χ1) is 19.2. The van der Waals surface area contributed by atoms with E-state index < -0.39 is 10.8 Å². The van der Waals surface area contributed by atoms with Gasteiger partial charge < -0.3 is 15.1 Å². The molecule has 2 amide bonds. The lowest BCUT2D eigenvalue weighted by molar-refractivity contribution is -0.125. The number of hydrogen-bond acceptors (Lipinski definition) is 5. The first-order valence-electron chi connectivity index (χ1n) is 13.5. The van der Waals surface area contributed by atoms with E-state index in [0.29, 0.717) is 22.3 Å². The van der Waals surface area contributed by atoms with Crippen molar-refractivity contribution >= 4 is 52.5 Å². The molecule has 210 valence electrons. The monoisotopic (exact) mass is 596 g/mol. The second-order valence-electron chi connectivity index (χ2n) is 10.6. The molecular weight excluding hydrogens is 563 g/mol. The Morgan fingerprint density at radius 3 is 2.15 bits per heavy atom. The molecule has 2 heterocycles. The van der Waals surface area contributed by atoms with Crippen molar-refractivity contribution in [2.45, 2.75) is 29.0 Å². The zero-order valence-electron chi connectivity index (χ0n) is 22.8. The summed E-state index contributed by atoms with van der Waals surface area (Å²) in [6, 6.07) is 22.2. The van der Waals surface area contributed by atoms with Crippen LogP contribution in [-0.4, -0.2) is 72.7 Å². The number of carbonyl (C=O) groups excluding carboxylic acids is 2. The van der Waals surface area contributed by atoms with Crippen LogP contribution in [0.3, 0.4) is 0 Å². The van der Waals surface area contributed by atoms with Gasteiger partial charge in [0.25, 0.3) is 0 Å². The summed E-state index contributed by atoms with van der Waals surface area (Å²) in [7, 11) is 2.13. The number of amides is 2. The van der Waals surface area contributed by atoms with Crippen LogP contribution >= 0.6 is 35.0 Å². The van der Waals surface area contributed by atoms with Crippen LogP contribution in [0.25, 0.3) is 0 Å². The van der Waals surface area contributed by atoms with Crippen molar-refractivity contribution < 1.29 is 9.59 Å². The largest absolute Gasteiger partial charge is 0.354 e. The Bertz CT molecular complexity index is 1330. The molecule has 1 N–H and O–H groups in total. The SMILES string of the molecule is Cc1ccc(SC2(C(=O)NCCN3CCN(C)CC3)CC(=O)N(c3ccc(Cl)cc3)C2c2ccc(Cl)cc2)cc1. The highest BCUT2D eigenvalue weighted by Crippen LogP contribution is 2.54. The normalized spacial score (nSPS) is 22.1. The number of thioether (sulfide) groups is 1. The lowest BCUT2D eigenvalue weighted by Crippen LogP contribution is -2.51. The molecule has 2 aliphatic rings. The Kier molecular flexibility index (Phi) is 9.08. The van der Waals surface area contributed by atoms with Gasteiger partial charge in [-0.25, -0.2) is 0 Å². The minimum absolute atomic E-state index is 0.0573. The van der Waals surface area contributed by atoms with Gasteiger partial charge in [0.15, 0.2) is 0 Å². The van der Waals surface area contributed by atoms with Crippen LogP contribution in [0.2, 0.25) is 10.0 Å². The Morgan fingerprint density at radius 1 is 0.925 bits per heavy atom. The van der Waals surface area contributed by atoms with Gasteiger partial charge in [-0.05, 0) is 68.1 Å². The molecule has 3 aromatic rings. The number of benzene rings is 3. The van der Waals surface area contributed by atoms with Crippen LogP contribution in [-0.2, 0) is 9.59 Å². The summed E-state index contributed by atoms with van der Waals surface area (Å²) in [5, 5.41) is 4.41. The van der Waals surface area contributed by atoms with Crippen LogP contribution in [0.4, 0.5) is 5.69 Å². The maximum absolute atomic E-state index is 14.4. The fourth-order valence-electron chi connectivity index (χ4n) is 5.43. The predicted molar refractivity (Wildman–Crippen MR) is 164 cm³/mol. The lowest BCUT2D eigenvalue weighted by Gasteiger charge is -2.37. The van der Waals surface area contributed by atoms with E-state index >= 15 is 0 Å². The van der Waals surface area contributed by atoms with Crippen molar-refractivity contribution in [3.05, 3.63) is 94.0 Å². The summed E-state index contributed by atoms with van der Waals surface area (Å²) in [5.74, 6) is -0.256. The number of nitrogens with one attached hydrogen (secondary N) is 1. The van der Waals surface area contributed by atoms with Crippen LogP contribution in [0.5, 0.6) is 0 Å². The van der Waals surface area contributed by atoms with Gasteiger partial charge in [-0.1, -0.05) is 53.0 Å². The molecule has 2 unspecified atom stereocenters. The summed E-state index contributed by atoms with van der Waals surface area (Å²) < 4.78 is -1.11. The number of halogens is 2. The van der Waals surface area contributed by atoms with Crippen molar-refractivity contribution in [3.63, 3.8) is 0 Å². The Labute approximate surface area is 250 Å². The van der Waals surface area contributed by atoms with E-state index in [1.54, 1.807) is 17.0 Å². The Morgan fingerprint density at radius 2 is 1.52 bits per heavy atom. The molecule has 9 heteroatoms. The first kappa shape index (κ1) is 29.0. The zero-order valence-corrected chi connectivity index (χ0v) is 25.1. The molecule has 3 aromatic carbocycles. The van der Waals surface area contributed by atoms with Crippen molar-refractivity contribution in [3.8, 4) is 0 Å². The molecule has 0 bridgehead atoms. The summed E-state index contributed by atoms with van der Waals surface area (Å²) in [6.45, 7) is 7.31. The van der Waals surface area contributed by atoms with Gasteiger partial charge in [0.2, 0.25) is 11.8 Å². The van der Waals surface area contributed by atoms with Gasteiger partial charge in [-0.15, -0.1) is 11.8 Å². The topological polar surface area (TPSA) is 55.9 Å². The van der Waals surface area contributed by atoms with Gasteiger partial charge in [-0.3, -0.25) is 14.5 Å². The summed E-state index contributed by atoms with van der Waals surface area (Å²) >= 11 is 13.9. The number of nitrogens with zero attached hydrogens (tertiary/aromatic N) is 3. The highest BCUT2D eigenvalue weighted by atomic mass is 35.5. The lowest BCUT2D eigenvalue weighted by atomic mass is 9.91. The third-order valence-corrected chi connectivity index (χ3v) is 9.62. The number of carbonyl (C=O) groups is 2. The van der Waals surface area contributed by atoms with Gasteiger partial charge in [-0.2, -0.15) is 0 Å². The maximum Gasteiger partial charge on any atom is 0.239 e. The van der Waals surface area contributed by atoms with E-state index in [9.17, 15) is 9.59 Å². The van der Waals surface area contributed by atoms with Gasteiger partial charge in [0.05, 0.1) is 12.5 Å². The molecule has 0 aliphatic carbocycles. The molecule has 5 rings (SSSR count). The van der Waals surface area contributed by atoms with Gasteiger partial charge >= 0.3 is 0 Å². The average Bonchev–Trinajstić information content (AvgIpc) is 3.24.